The summed E-state index contributed by atoms with van der Waals surface area (Å²) in [4.78, 5) is 13.1. The molecule has 0 aliphatic carbocycles. The van der Waals surface area contributed by atoms with E-state index in [4.69, 9.17) is 16.3 Å². The van der Waals surface area contributed by atoms with Crippen LogP contribution < -0.4 is 0 Å². The van der Waals surface area contributed by atoms with Gasteiger partial charge in [0.15, 0.2) is 0 Å². The summed E-state index contributed by atoms with van der Waals surface area (Å²) in [6.07, 6.45) is 1.74. The van der Waals surface area contributed by atoms with Crippen LogP contribution in [0.3, 0.4) is 0 Å². The van der Waals surface area contributed by atoms with Crippen molar-refractivity contribution >= 4 is 17.0 Å². The second-order valence-electron chi connectivity index (χ2n) is 5.41. The molecule has 0 bridgehead atoms. The first-order valence-electron chi connectivity index (χ1n) is 5.28. The molecule has 1 fully saturated rings. The number of piperidine rings is 1. The Morgan fingerprint density at radius 1 is 1.40 bits per heavy atom. The smallest absolute Gasteiger partial charge is 0.404 e. The molecule has 0 aromatic carbocycles. The van der Waals surface area contributed by atoms with Gasteiger partial charge in [-0.25, -0.2) is 4.79 Å². The van der Waals surface area contributed by atoms with Gasteiger partial charge in [0.2, 0.25) is 0 Å². The highest BCUT2D eigenvalue weighted by molar-refractivity contribution is 6.61. The molecule has 0 saturated carbocycles. The first-order chi connectivity index (χ1) is 6.68. The summed E-state index contributed by atoms with van der Waals surface area (Å²) in [5, 5.41) is 0. The minimum absolute atomic E-state index is 0.125. The summed E-state index contributed by atoms with van der Waals surface area (Å²) in [6.45, 7) is 8.57. The van der Waals surface area contributed by atoms with Gasteiger partial charge in [0.1, 0.15) is 6.10 Å². The number of likely N-dealkylation sites (tertiary alicyclic amines) is 1. The zero-order valence-corrected chi connectivity index (χ0v) is 10.9. The van der Waals surface area contributed by atoms with E-state index in [2.05, 4.69) is 39.6 Å². The lowest BCUT2D eigenvalue weighted by molar-refractivity contribution is -0.0886. The molecule has 0 spiro atoms. The van der Waals surface area contributed by atoms with Gasteiger partial charge in [0, 0.05) is 17.1 Å². The van der Waals surface area contributed by atoms with E-state index in [1.165, 1.54) is 0 Å². The van der Waals surface area contributed by atoms with Gasteiger partial charge in [0.25, 0.3) is 0 Å². The fourth-order valence-corrected chi connectivity index (χ4v) is 2.42. The van der Waals surface area contributed by atoms with Crippen LogP contribution in [0.4, 0.5) is 4.79 Å². The first-order valence-corrected chi connectivity index (χ1v) is 5.66. The molecular formula is C11H20ClNO2. The Morgan fingerprint density at radius 3 is 2.40 bits per heavy atom. The van der Waals surface area contributed by atoms with Gasteiger partial charge in [0.05, 0.1) is 5.54 Å². The molecule has 3 nitrogen and oxygen atoms in total. The topological polar surface area (TPSA) is 29.5 Å². The summed E-state index contributed by atoms with van der Waals surface area (Å²) in [5.41, 5.74) is -0.744. The quantitative estimate of drug-likeness (QED) is 0.652. The van der Waals surface area contributed by atoms with Gasteiger partial charge in [-0.3, -0.25) is 4.90 Å². The van der Waals surface area contributed by atoms with Crippen molar-refractivity contribution in [3.8, 4) is 0 Å². The Bertz CT molecular complexity index is 263. The predicted molar refractivity (Wildman–Crippen MR) is 61.3 cm³/mol. The third kappa shape index (κ3) is 2.45. The van der Waals surface area contributed by atoms with Crippen molar-refractivity contribution in [1.29, 1.82) is 0 Å². The van der Waals surface area contributed by atoms with E-state index in [-0.39, 0.29) is 17.2 Å². The molecule has 88 valence electrons. The van der Waals surface area contributed by atoms with E-state index in [9.17, 15) is 4.79 Å². The van der Waals surface area contributed by atoms with Crippen LogP contribution >= 0.6 is 11.6 Å². The maximum atomic E-state index is 10.8. The number of likely N-dealkylation sites (N-methyl/N-ethyl adjacent to an activating group) is 1. The van der Waals surface area contributed by atoms with Crippen molar-refractivity contribution in [3.63, 3.8) is 0 Å². The molecule has 1 unspecified atom stereocenters. The lowest BCUT2D eigenvalue weighted by Crippen LogP contribution is -2.63. The van der Waals surface area contributed by atoms with E-state index in [1.807, 2.05) is 0 Å². The van der Waals surface area contributed by atoms with Crippen LogP contribution in [0.25, 0.3) is 0 Å². The number of halogens is 1. The molecule has 1 rings (SSSR count). The van der Waals surface area contributed by atoms with Gasteiger partial charge >= 0.3 is 5.43 Å². The predicted octanol–water partition coefficient (Wildman–Crippen LogP) is 3.01. The van der Waals surface area contributed by atoms with Crippen molar-refractivity contribution in [2.45, 2.75) is 57.7 Å². The Kier molecular flexibility index (Phi) is 3.36. The number of hydrogen-bond acceptors (Lipinski definition) is 3. The Balaban J connectivity index is 2.84. The van der Waals surface area contributed by atoms with Crippen LogP contribution in [-0.2, 0) is 4.74 Å². The van der Waals surface area contributed by atoms with Gasteiger partial charge in [-0.15, -0.1) is 0 Å². The molecule has 0 amide bonds. The molecule has 0 aromatic rings. The van der Waals surface area contributed by atoms with Crippen molar-refractivity contribution in [1.82, 2.24) is 4.90 Å². The van der Waals surface area contributed by atoms with E-state index in [1.54, 1.807) is 0 Å². The molecule has 1 aliphatic heterocycles. The molecule has 1 atom stereocenters. The largest absolute Gasteiger partial charge is 0.448 e. The molecule has 0 N–H and O–H groups in total. The van der Waals surface area contributed by atoms with Crippen molar-refractivity contribution in [2.75, 3.05) is 7.05 Å². The van der Waals surface area contributed by atoms with Crippen LogP contribution in [0.1, 0.15) is 40.5 Å². The normalized spacial score (nSPS) is 29.9. The minimum Gasteiger partial charge on any atom is -0.448 e. The third-order valence-electron chi connectivity index (χ3n) is 3.81. The van der Waals surface area contributed by atoms with Crippen LogP contribution in [0, 0.1) is 0 Å². The summed E-state index contributed by atoms with van der Waals surface area (Å²) in [6, 6.07) is 0. The average molecular weight is 234 g/mol. The molecule has 0 aromatic heterocycles. The Hall–Kier alpha value is -0.280. The first kappa shape index (κ1) is 12.8. The number of carbonyl (C=O) groups is 1. The fourth-order valence-electron chi connectivity index (χ4n) is 2.32. The SMILES string of the molecule is CN1C(C)(C)CCC(OC(=O)Cl)C1(C)C. The summed E-state index contributed by atoms with van der Waals surface area (Å²) in [7, 11) is 2.06. The second kappa shape index (κ2) is 3.95. The maximum Gasteiger partial charge on any atom is 0.404 e. The molecule has 0 radical (unpaired) electrons. The van der Waals surface area contributed by atoms with Crippen molar-refractivity contribution in [2.24, 2.45) is 0 Å². The fraction of sp³-hybridized carbons (Fsp3) is 0.909. The van der Waals surface area contributed by atoms with E-state index in [0.717, 1.165) is 12.8 Å². The van der Waals surface area contributed by atoms with Crippen LogP contribution in [0.5, 0.6) is 0 Å². The molecule has 15 heavy (non-hydrogen) atoms. The van der Waals surface area contributed by atoms with Crippen LogP contribution in [-0.4, -0.2) is 34.6 Å². The highest BCUT2D eigenvalue weighted by Gasteiger charge is 2.46. The number of hydrogen-bond donors (Lipinski definition) is 0. The van der Waals surface area contributed by atoms with E-state index < -0.39 is 5.43 Å². The number of nitrogens with zero attached hydrogens (tertiary/aromatic N) is 1. The molecular weight excluding hydrogens is 214 g/mol. The van der Waals surface area contributed by atoms with Gasteiger partial charge < -0.3 is 4.74 Å². The monoisotopic (exact) mass is 233 g/mol. The molecule has 1 heterocycles. The molecule has 1 aliphatic rings. The standard InChI is InChI=1S/C11H20ClNO2/c1-10(2)7-6-8(15-9(12)14)11(3,4)13(10)5/h8H,6-7H2,1-5H3. The lowest BCUT2D eigenvalue weighted by atomic mass is 9.78. The zero-order valence-electron chi connectivity index (χ0n) is 10.1. The van der Waals surface area contributed by atoms with E-state index in [0.29, 0.717) is 0 Å². The molecule has 1 saturated heterocycles. The summed E-state index contributed by atoms with van der Waals surface area (Å²) < 4.78 is 5.16. The van der Waals surface area contributed by atoms with E-state index >= 15 is 0 Å². The highest BCUT2D eigenvalue weighted by atomic mass is 35.5. The maximum absolute atomic E-state index is 10.8. The second-order valence-corrected chi connectivity index (χ2v) is 5.72. The van der Waals surface area contributed by atoms with Gasteiger partial charge in [-0.2, -0.15) is 0 Å². The number of rotatable bonds is 1. The minimum atomic E-state index is -0.707. The number of ether oxygens (including phenoxy) is 1. The summed E-state index contributed by atoms with van der Waals surface area (Å²) >= 11 is 5.28. The van der Waals surface area contributed by atoms with Gasteiger partial charge in [-0.05, 0) is 47.6 Å². The van der Waals surface area contributed by atoms with Crippen LogP contribution in [0.15, 0.2) is 0 Å². The number of carbonyl (C=O) groups excluding carboxylic acids is 1. The van der Waals surface area contributed by atoms with Gasteiger partial charge in [-0.1, -0.05) is 0 Å². The Morgan fingerprint density at radius 2 is 1.93 bits per heavy atom. The summed E-state index contributed by atoms with van der Waals surface area (Å²) in [5.74, 6) is 0. The third-order valence-corrected chi connectivity index (χ3v) is 3.90. The zero-order chi connectivity index (χ0) is 11.9. The highest BCUT2D eigenvalue weighted by Crippen LogP contribution is 2.38. The average Bonchev–Trinajstić information content (AvgIpc) is 2.08. The van der Waals surface area contributed by atoms with Crippen molar-refractivity contribution in [3.05, 3.63) is 0 Å². The molecule has 4 heteroatoms. The lowest BCUT2D eigenvalue weighted by Gasteiger charge is -2.53. The van der Waals surface area contributed by atoms with Crippen molar-refractivity contribution < 1.29 is 9.53 Å². The van der Waals surface area contributed by atoms with Crippen LogP contribution in [0.2, 0.25) is 0 Å². The Labute approximate surface area is 96.7 Å².